The van der Waals surface area contributed by atoms with Crippen molar-refractivity contribution in [3.05, 3.63) is 47.2 Å². The number of benzene rings is 1. The lowest BCUT2D eigenvalue weighted by Gasteiger charge is -2.03. The van der Waals surface area contributed by atoms with Gasteiger partial charge >= 0.3 is 5.97 Å². The summed E-state index contributed by atoms with van der Waals surface area (Å²) in [6, 6.07) is 9.43. The van der Waals surface area contributed by atoms with E-state index in [1.165, 1.54) is 11.6 Å². The molecule has 0 atom stereocenters. The molecule has 0 saturated heterocycles. The summed E-state index contributed by atoms with van der Waals surface area (Å²) in [6.45, 7) is 2.09. The van der Waals surface area contributed by atoms with Crippen LogP contribution >= 0.6 is 0 Å². The number of aromatic nitrogens is 2. The number of carboxylic acids is 1. The Hall–Kier alpha value is -2.63. The fourth-order valence-electron chi connectivity index (χ4n) is 1.90. The summed E-state index contributed by atoms with van der Waals surface area (Å²) in [4.78, 5) is 22.5. The zero-order valence-electron chi connectivity index (χ0n) is 11.7. The van der Waals surface area contributed by atoms with Crippen LogP contribution in [0.4, 0.5) is 5.82 Å². The van der Waals surface area contributed by atoms with Crippen molar-refractivity contribution in [1.82, 2.24) is 10.2 Å². The number of aromatic carboxylic acids is 1. The topological polar surface area (TPSA) is 95.1 Å². The predicted octanol–water partition coefficient (Wildman–Crippen LogP) is 2.24. The number of carboxylic acid groups (broad SMARTS) is 1. The molecule has 0 saturated carbocycles. The second-order valence-corrected chi connectivity index (χ2v) is 4.69. The van der Waals surface area contributed by atoms with E-state index >= 15 is 0 Å². The lowest BCUT2D eigenvalue weighted by atomic mass is 10.1. The summed E-state index contributed by atoms with van der Waals surface area (Å²) < 4.78 is 0. The number of hydrogen-bond acceptors (Lipinski definition) is 3. The van der Waals surface area contributed by atoms with Crippen LogP contribution in [0.3, 0.4) is 0 Å². The standard InChI is InChI=1S/C15H17N3O3/c1-2-10-3-5-11(6-4-10)7-8-14(19)16-13-9-12(15(20)21)17-18-13/h3-6,9H,2,7-8H2,1H3,(H,20,21)(H2,16,17,18,19). The minimum absolute atomic E-state index is 0.0551. The Morgan fingerprint density at radius 1 is 1.24 bits per heavy atom. The van der Waals surface area contributed by atoms with E-state index in [9.17, 15) is 9.59 Å². The van der Waals surface area contributed by atoms with Gasteiger partial charge in [-0.05, 0) is 24.0 Å². The number of rotatable bonds is 6. The molecule has 0 unspecified atom stereocenters. The molecule has 6 nitrogen and oxygen atoms in total. The first kappa shape index (κ1) is 14.8. The number of amides is 1. The number of aromatic amines is 1. The van der Waals surface area contributed by atoms with Gasteiger partial charge in [-0.2, -0.15) is 5.10 Å². The van der Waals surface area contributed by atoms with Gasteiger partial charge in [-0.1, -0.05) is 31.2 Å². The second kappa shape index (κ2) is 6.69. The number of nitrogens with one attached hydrogen (secondary N) is 2. The molecule has 110 valence electrons. The number of anilines is 1. The number of H-pyrrole nitrogens is 1. The van der Waals surface area contributed by atoms with Crippen LogP contribution in [0.2, 0.25) is 0 Å². The summed E-state index contributed by atoms with van der Waals surface area (Å²) in [5, 5.41) is 17.4. The van der Waals surface area contributed by atoms with Gasteiger partial charge in [-0.25, -0.2) is 4.79 Å². The van der Waals surface area contributed by atoms with Crippen LogP contribution in [-0.4, -0.2) is 27.2 Å². The number of carbonyl (C=O) groups is 2. The molecule has 21 heavy (non-hydrogen) atoms. The summed E-state index contributed by atoms with van der Waals surface area (Å²) in [5.41, 5.74) is 2.30. The quantitative estimate of drug-likeness (QED) is 0.759. The van der Waals surface area contributed by atoms with Gasteiger partial charge in [0.05, 0.1) is 0 Å². The van der Waals surface area contributed by atoms with E-state index in [2.05, 4.69) is 34.6 Å². The van der Waals surface area contributed by atoms with Gasteiger partial charge in [0, 0.05) is 12.5 Å². The molecule has 1 aromatic heterocycles. The first-order valence-electron chi connectivity index (χ1n) is 6.75. The normalized spacial score (nSPS) is 10.3. The van der Waals surface area contributed by atoms with Crippen molar-refractivity contribution in [2.75, 3.05) is 5.32 Å². The van der Waals surface area contributed by atoms with E-state index in [0.717, 1.165) is 12.0 Å². The highest BCUT2D eigenvalue weighted by Gasteiger charge is 2.10. The molecular formula is C15H17N3O3. The first-order valence-corrected chi connectivity index (χ1v) is 6.75. The zero-order valence-corrected chi connectivity index (χ0v) is 11.7. The molecule has 0 spiro atoms. The molecule has 0 aliphatic carbocycles. The second-order valence-electron chi connectivity index (χ2n) is 4.69. The number of carbonyl (C=O) groups excluding carboxylic acids is 1. The van der Waals surface area contributed by atoms with Gasteiger partial charge < -0.3 is 10.4 Å². The monoisotopic (exact) mass is 287 g/mol. The first-order chi connectivity index (χ1) is 10.1. The molecule has 3 N–H and O–H groups in total. The summed E-state index contributed by atoms with van der Waals surface area (Å²) in [5.74, 6) is -1.09. The third-order valence-corrected chi connectivity index (χ3v) is 3.15. The van der Waals surface area contributed by atoms with Crippen molar-refractivity contribution < 1.29 is 14.7 Å². The SMILES string of the molecule is CCc1ccc(CCC(=O)Nc2cc(C(=O)O)[nH]n2)cc1. The van der Waals surface area contributed by atoms with Crippen molar-refractivity contribution in [3.63, 3.8) is 0 Å². The third kappa shape index (κ3) is 4.17. The maximum absolute atomic E-state index is 11.8. The molecule has 2 aromatic rings. The average Bonchev–Trinajstić information content (AvgIpc) is 2.94. The zero-order chi connectivity index (χ0) is 15.2. The van der Waals surface area contributed by atoms with Gasteiger partial charge in [-0.15, -0.1) is 0 Å². The highest BCUT2D eigenvalue weighted by molar-refractivity contribution is 5.92. The van der Waals surface area contributed by atoms with E-state index in [1.54, 1.807) is 0 Å². The molecule has 0 aliphatic rings. The van der Waals surface area contributed by atoms with Gasteiger partial charge in [0.25, 0.3) is 0 Å². The van der Waals surface area contributed by atoms with E-state index in [0.29, 0.717) is 12.8 Å². The molecule has 0 radical (unpaired) electrons. The maximum atomic E-state index is 11.8. The van der Waals surface area contributed by atoms with Crippen molar-refractivity contribution >= 4 is 17.7 Å². The summed E-state index contributed by atoms with van der Waals surface area (Å²) in [6.07, 6.45) is 1.94. The average molecular weight is 287 g/mol. The Balaban J connectivity index is 1.84. The van der Waals surface area contributed by atoms with Crippen LogP contribution in [0.1, 0.15) is 35.0 Å². The molecular weight excluding hydrogens is 270 g/mol. The van der Waals surface area contributed by atoms with Crippen LogP contribution in [0, 0.1) is 0 Å². The lowest BCUT2D eigenvalue weighted by molar-refractivity contribution is -0.116. The minimum atomic E-state index is -1.11. The molecule has 6 heteroatoms. The molecule has 1 heterocycles. The molecule has 1 amide bonds. The van der Waals surface area contributed by atoms with E-state index < -0.39 is 5.97 Å². The number of aryl methyl sites for hydroxylation is 2. The van der Waals surface area contributed by atoms with E-state index in [4.69, 9.17) is 5.11 Å². The molecule has 0 aliphatic heterocycles. The Morgan fingerprint density at radius 3 is 2.48 bits per heavy atom. The highest BCUT2D eigenvalue weighted by atomic mass is 16.4. The molecule has 0 fully saturated rings. The van der Waals surface area contributed by atoms with Gasteiger partial charge in [0.2, 0.25) is 5.91 Å². The maximum Gasteiger partial charge on any atom is 0.353 e. The largest absolute Gasteiger partial charge is 0.477 e. The van der Waals surface area contributed by atoms with Crippen molar-refractivity contribution in [3.8, 4) is 0 Å². The Kier molecular flexibility index (Phi) is 4.71. The Bertz CT molecular complexity index is 632. The van der Waals surface area contributed by atoms with Crippen molar-refractivity contribution in [1.29, 1.82) is 0 Å². The number of hydrogen-bond donors (Lipinski definition) is 3. The van der Waals surface area contributed by atoms with Gasteiger partial charge in [-0.3, -0.25) is 9.89 Å². The van der Waals surface area contributed by atoms with Crippen LogP contribution in [-0.2, 0) is 17.6 Å². The van der Waals surface area contributed by atoms with Crippen LogP contribution < -0.4 is 5.32 Å². The lowest BCUT2D eigenvalue weighted by Crippen LogP contribution is -2.12. The van der Waals surface area contributed by atoms with Gasteiger partial charge in [0.15, 0.2) is 5.82 Å². The minimum Gasteiger partial charge on any atom is -0.477 e. The number of nitrogens with zero attached hydrogens (tertiary/aromatic N) is 1. The Labute approximate surface area is 122 Å². The fraction of sp³-hybridized carbons (Fsp3) is 0.267. The summed E-state index contributed by atoms with van der Waals surface area (Å²) >= 11 is 0. The molecule has 1 aromatic carbocycles. The van der Waals surface area contributed by atoms with Crippen molar-refractivity contribution in [2.45, 2.75) is 26.2 Å². The van der Waals surface area contributed by atoms with Crippen LogP contribution in [0.5, 0.6) is 0 Å². The van der Waals surface area contributed by atoms with Gasteiger partial charge in [0.1, 0.15) is 5.69 Å². The third-order valence-electron chi connectivity index (χ3n) is 3.15. The van der Waals surface area contributed by atoms with Crippen LogP contribution in [0.15, 0.2) is 30.3 Å². The predicted molar refractivity (Wildman–Crippen MR) is 78.3 cm³/mol. The highest BCUT2D eigenvalue weighted by Crippen LogP contribution is 2.09. The Morgan fingerprint density at radius 2 is 1.90 bits per heavy atom. The summed E-state index contributed by atoms with van der Waals surface area (Å²) in [7, 11) is 0. The molecule has 2 rings (SSSR count). The molecule has 0 bridgehead atoms. The van der Waals surface area contributed by atoms with E-state index in [-0.39, 0.29) is 17.4 Å². The van der Waals surface area contributed by atoms with Crippen LogP contribution in [0.25, 0.3) is 0 Å². The smallest absolute Gasteiger partial charge is 0.353 e. The van der Waals surface area contributed by atoms with E-state index in [1.807, 2.05) is 12.1 Å². The fourth-order valence-corrected chi connectivity index (χ4v) is 1.90. The van der Waals surface area contributed by atoms with Crippen molar-refractivity contribution in [2.24, 2.45) is 0 Å².